The van der Waals surface area contributed by atoms with Crippen molar-refractivity contribution in [1.29, 1.82) is 0 Å². The lowest BCUT2D eigenvalue weighted by atomic mass is 10.2. The predicted molar refractivity (Wildman–Crippen MR) is 93.9 cm³/mol. The standard InChI is InChI=1S/C19H13ClF3NO3/c20-13-4-6-15(7-5-13)26-11-16-8-9-17(27-16)18(25)24-14-3-1-2-12(10-14)19(21,22)23/h1-10H,11H2,(H,24,25). The van der Waals surface area contributed by atoms with Crippen molar-refractivity contribution in [2.45, 2.75) is 12.8 Å². The Hall–Kier alpha value is -2.93. The number of hydrogen-bond acceptors (Lipinski definition) is 3. The average Bonchev–Trinajstić information content (AvgIpc) is 3.10. The molecule has 1 aromatic heterocycles. The number of furan rings is 1. The molecule has 140 valence electrons. The second kappa shape index (κ2) is 7.75. The van der Waals surface area contributed by atoms with Crippen molar-refractivity contribution in [1.82, 2.24) is 0 Å². The topological polar surface area (TPSA) is 51.5 Å². The number of nitrogens with one attached hydrogen (secondary N) is 1. The number of rotatable bonds is 5. The van der Waals surface area contributed by atoms with E-state index in [1.165, 1.54) is 18.2 Å². The molecule has 0 spiro atoms. The smallest absolute Gasteiger partial charge is 0.416 e. The zero-order valence-corrected chi connectivity index (χ0v) is 14.5. The van der Waals surface area contributed by atoms with Crippen LogP contribution in [0.25, 0.3) is 0 Å². The van der Waals surface area contributed by atoms with Crippen LogP contribution in [0, 0.1) is 0 Å². The van der Waals surface area contributed by atoms with Crippen molar-refractivity contribution in [3.05, 3.63) is 82.8 Å². The number of alkyl halides is 3. The first-order valence-corrected chi connectivity index (χ1v) is 8.15. The molecular weight excluding hydrogens is 383 g/mol. The zero-order chi connectivity index (χ0) is 19.4. The van der Waals surface area contributed by atoms with Crippen molar-refractivity contribution in [2.24, 2.45) is 0 Å². The van der Waals surface area contributed by atoms with Crippen LogP contribution in [0.1, 0.15) is 21.9 Å². The third kappa shape index (κ3) is 5.04. The molecule has 0 fully saturated rings. The first kappa shape index (κ1) is 18.8. The Morgan fingerprint density at radius 3 is 2.52 bits per heavy atom. The van der Waals surface area contributed by atoms with Gasteiger partial charge < -0.3 is 14.5 Å². The molecule has 0 atom stereocenters. The fourth-order valence-corrected chi connectivity index (χ4v) is 2.35. The monoisotopic (exact) mass is 395 g/mol. The van der Waals surface area contributed by atoms with Gasteiger partial charge in [0.05, 0.1) is 5.56 Å². The molecule has 0 aliphatic rings. The molecule has 0 unspecified atom stereocenters. The van der Waals surface area contributed by atoms with E-state index < -0.39 is 17.6 Å². The number of anilines is 1. The van der Waals surface area contributed by atoms with Crippen molar-refractivity contribution in [2.75, 3.05) is 5.32 Å². The maximum absolute atomic E-state index is 12.7. The molecule has 4 nitrogen and oxygen atoms in total. The van der Waals surface area contributed by atoms with Crippen LogP contribution in [0.15, 0.2) is 65.1 Å². The van der Waals surface area contributed by atoms with E-state index in [9.17, 15) is 18.0 Å². The van der Waals surface area contributed by atoms with Gasteiger partial charge in [0.1, 0.15) is 18.1 Å². The van der Waals surface area contributed by atoms with Gasteiger partial charge in [0, 0.05) is 10.7 Å². The van der Waals surface area contributed by atoms with Crippen LogP contribution >= 0.6 is 11.6 Å². The summed E-state index contributed by atoms with van der Waals surface area (Å²) >= 11 is 5.79. The van der Waals surface area contributed by atoms with E-state index in [1.54, 1.807) is 30.3 Å². The molecule has 0 bridgehead atoms. The molecule has 27 heavy (non-hydrogen) atoms. The summed E-state index contributed by atoms with van der Waals surface area (Å²) in [5.41, 5.74) is -0.831. The lowest BCUT2D eigenvalue weighted by Crippen LogP contribution is -2.12. The first-order chi connectivity index (χ1) is 12.8. The lowest BCUT2D eigenvalue weighted by molar-refractivity contribution is -0.137. The molecule has 0 aliphatic heterocycles. The summed E-state index contributed by atoms with van der Waals surface area (Å²) < 4.78 is 49.1. The summed E-state index contributed by atoms with van der Waals surface area (Å²) in [5.74, 6) is 0.263. The van der Waals surface area contributed by atoms with Gasteiger partial charge in [-0.05, 0) is 54.6 Å². The Bertz CT molecular complexity index is 936. The third-order valence-corrected chi connectivity index (χ3v) is 3.78. The number of hydrogen-bond donors (Lipinski definition) is 1. The molecule has 0 radical (unpaired) electrons. The largest absolute Gasteiger partial charge is 0.486 e. The Kier molecular flexibility index (Phi) is 5.41. The molecular formula is C19H13ClF3NO3. The fraction of sp³-hybridized carbons (Fsp3) is 0.105. The van der Waals surface area contributed by atoms with Crippen LogP contribution in [0.4, 0.5) is 18.9 Å². The van der Waals surface area contributed by atoms with E-state index in [-0.39, 0.29) is 18.1 Å². The van der Waals surface area contributed by atoms with Gasteiger partial charge in [-0.1, -0.05) is 17.7 Å². The summed E-state index contributed by atoms with van der Waals surface area (Å²) in [6, 6.07) is 14.0. The highest BCUT2D eigenvalue weighted by Crippen LogP contribution is 2.30. The van der Waals surface area contributed by atoms with E-state index in [4.69, 9.17) is 20.8 Å². The van der Waals surface area contributed by atoms with E-state index in [1.807, 2.05) is 0 Å². The summed E-state index contributed by atoms with van der Waals surface area (Å²) in [6.45, 7) is 0.0818. The van der Waals surface area contributed by atoms with E-state index in [0.717, 1.165) is 12.1 Å². The normalized spacial score (nSPS) is 11.3. The van der Waals surface area contributed by atoms with Gasteiger partial charge in [0.25, 0.3) is 5.91 Å². The highest BCUT2D eigenvalue weighted by molar-refractivity contribution is 6.30. The van der Waals surface area contributed by atoms with Gasteiger partial charge in [0.15, 0.2) is 5.76 Å². The number of amides is 1. The molecule has 0 saturated carbocycles. The van der Waals surface area contributed by atoms with Crippen molar-refractivity contribution < 1.29 is 27.1 Å². The Morgan fingerprint density at radius 1 is 1.07 bits per heavy atom. The molecule has 1 amide bonds. The Balaban J connectivity index is 1.62. The van der Waals surface area contributed by atoms with E-state index in [2.05, 4.69) is 5.32 Å². The SMILES string of the molecule is O=C(Nc1cccc(C(F)(F)F)c1)c1ccc(COc2ccc(Cl)cc2)o1. The Labute approximate surface area is 157 Å². The van der Waals surface area contributed by atoms with E-state index in [0.29, 0.717) is 16.5 Å². The van der Waals surface area contributed by atoms with Gasteiger partial charge in [-0.2, -0.15) is 13.2 Å². The fourth-order valence-electron chi connectivity index (χ4n) is 2.23. The number of carbonyl (C=O) groups is 1. The summed E-state index contributed by atoms with van der Waals surface area (Å²) in [6.07, 6.45) is -4.49. The van der Waals surface area contributed by atoms with Crippen molar-refractivity contribution in [3.63, 3.8) is 0 Å². The summed E-state index contributed by atoms with van der Waals surface area (Å²) in [7, 11) is 0. The number of ether oxygens (including phenoxy) is 1. The second-order valence-electron chi connectivity index (χ2n) is 5.54. The first-order valence-electron chi connectivity index (χ1n) is 7.77. The van der Waals surface area contributed by atoms with Gasteiger partial charge >= 0.3 is 6.18 Å². The molecule has 0 saturated heterocycles. The average molecular weight is 396 g/mol. The highest BCUT2D eigenvalue weighted by Gasteiger charge is 2.30. The van der Waals surface area contributed by atoms with Crippen LogP contribution in [0.3, 0.4) is 0 Å². The van der Waals surface area contributed by atoms with Crippen LogP contribution in [-0.2, 0) is 12.8 Å². The third-order valence-electron chi connectivity index (χ3n) is 3.53. The molecule has 0 aliphatic carbocycles. The molecule has 1 N–H and O–H groups in total. The maximum atomic E-state index is 12.7. The summed E-state index contributed by atoms with van der Waals surface area (Å²) in [5, 5.41) is 2.95. The summed E-state index contributed by atoms with van der Waals surface area (Å²) in [4.78, 5) is 12.2. The number of carbonyl (C=O) groups excluding carboxylic acids is 1. The van der Waals surface area contributed by atoms with Crippen LogP contribution in [0.2, 0.25) is 5.02 Å². The zero-order valence-electron chi connectivity index (χ0n) is 13.7. The molecule has 8 heteroatoms. The van der Waals surface area contributed by atoms with Crippen LogP contribution < -0.4 is 10.1 Å². The minimum Gasteiger partial charge on any atom is -0.486 e. The number of halogens is 4. The minimum absolute atomic E-state index is 0.0187. The number of benzene rings is 2. The van der Waals surface area contributed by atoms with Crippen molar-refractivity contribution in [3.8, 4) is 5.75 Å². The molecule has 3 aromatic rings. The van der Waals surface area contributed by atoms with Crippen molar-refractivity contribution >= 4 is 23.2 Å². The van der Waals surface area contributed by atoms with Crippen LogP contribution in [0.5, 0.6) is 5.75 Å². The quantitative estimate of drug-likeness (QED) is 0.595. The van der Waals surface area contributed by atoms with Crippen LogP contribution in [-0.4, -0.2) is 5.91 Å². The van der Waals surface area contributed by atoms with Gasteiger partial charge in [-0.15, -0.1) is 0 Å². The molecule has 1 heterocycles. The molecule has 2 aromatic carbocycles. The minimum atomic E-state index is -4.49. The second-order valence-corrected chi connectivity index (χ2v) is 5.98. The predicted octanol–water partition coefficient (Wildman–Crippen LogP) is 5.78. The van der Waals surface area contributed by atoms with Gasteiger partial charge in [-0.25, -0.2) is 0 Å². The Morgan fingerprint density at radius 2 is 1.81 bits per heavy atom. The highest BCUT2D eigenvalue weighted by atomic mass is 35.5. The van der Waals surface area contributed by atoms with Gasteiger partial charge in [0.2, 0.25) is 0 Å². The van der Waals surface area contributed by atoms with E-state index >= 15 is 0 Å². The lowest BCUT2D eigenvalue weighted by Gasteiger charge is -2.09. The van der Waals surface area contributed by atoms with Gasteiger partial charge in [-0.3, -0.25) is 4.79 Å². The maximum Gasteiger partial charge on any atom is 0.416 e. The molecule has 3 rings (SSSR count).